The van der Waals surface area contributed by atoms with E-state index < -0.39 is 6.10 Å². The summed E-state index contributed by atoms with van der Waals surface area (Å²) in [5.74, 6) is 1.70. The molecule has 5 rings (SSSR count). The lowest BCUT2D eigenvalue weighted by atomic mass is 9.92. The third-order valence-electron chi connectivity index (χ3n) is 7.52. The number of hydrogen-bond donors (Lipinski definition) is 4. The lowest BCUT2D eigenvalue weighted by Crippen LogP contribution is -2.49. The van der Waals surface area contributed by atoms with Gasteiger partial charge < -0.3 is 35.1 Å². The van der Waals surface area contributed by atoms with E-state index in [1.807, 2.05) is 30.0 Å². The lowest BCUT2D eigenvalue weighted by molar-refractivity contribution is -0.129. The molecule has 2 atom stereocenters. The van der Waals surface area contributed by atoms with Crippen LogP contribution in [0, 0.1) is 6.92 Å². The molecule has 0 bridgehead atoms. The Hall–Kier alpha value is -4.03. The molecule has 1 fully saturated rings. The second-order valence-corrected chi connectivity index (χ2v) is 10.3. The van der Waals surface area contributed by atoms with E-state index in [2.05, 4.69) is 30.9 Å². The van der Waals surface area contributed by atoms with Crippen molar-refractivity contribution < 1.29 is 23.8 Å². The van der Waals surface area contributed by atoms with E-state index >= 15 is 0 Å². The summed E-state index contributed by atoms with van der Waals surface area (Å²) in [6.45, 7) is 5.82. The number of aliphatic hydroxyl groups excluding tert-OH is 1. The first-order valence-corrected chi connectivity index (χ1v) is 13.5. The molecule has 2 aromatic heterocycles. The largest absolute Gasteiger partial charge is 0.486 e. The number of aromatic nitrogens is 3. The molecule has 1 unspecified atom stereocenters. The zero-order valence-corrected chi connectivity index (χ0v) is 22.7. The molecule has 2 aliphatic rings. The Kier molecular flexibility index (Phi) is 8.56. The minimum atomic E-state index is -0.784. The minimum Gasteiger partial charge on any atom is -0.486 e. The van der Waals surface area contributed by atoms with Crippen molar-refractivity contribution >= 4 is 17.6 Å². The Labute approximate surface area is 232 Å². The van der Waals surface area contributed by atoms with Gasteiger partial charge in [0.25, 0.3) is 5.91 Å². The number of anilines is 1. The molecule has 0 saturated carbocycles. The van der Waals surface area contributed by atoms with Crippen LogP contribution >= 0.6 is 0 Å². The molecule has 40 heavy (non-hydrogen) atoms. The van der Waals surface area contributed by atoms with Crippen molar-refractivity contribution in [2.24, 2.45) is 0 Å². The summed E-state index contributed by atoms with van der Waals surface area (Å²) in [7, 11) is 0. The molecular weight excluding hydrogens is 514 g/mol. The van der Waals surface area contributed by atoms with Crippen LogP contribution in [-0.2, 0) is 24.4 Å². The van der Waals surface area contributed by atoms with Gasteiger partial charge in [-0.05, 0) is 49.4 Å². The third kappa shape index (κ3) is 6.75. The fourth-order valence-electron chi connectivity index (χ4n) is 5.03. The van der Waals surface area contributed by atoms with Gasteiger partial charge in [-0.2, -0.15) is 0 Å². The Bertz CT molecular complexity index is 1340. The standard InChI is InChI=1S/C28H35N7O5/c1-17-26(40-16-33-17)14-39-22-4-3-19-10-23(29-12-20(19)9-22)25(37)13-30-28(38)24-11-27(32-15-31-24)34-21-5-7-35(8-6-21)18(2)36/h3-4,9,11,15-16,21,23,25,29,37H,5-8,10,12-14H2,1-2H3,(H,30,38)(H,31,32,34)/t23-,25?/m0/s1. The SMILES string of the molecule is CC(=O)N1CCC(Nc2cc(C(=O)NCC(O)[C@@H]3Cc4ccc(OCc5ocnc5C)cc4CN3)ncn2)CC1. The van der Waals surface area contributed by atoms with Crippen LogP contribution in [0.3, 0.4) is 0 Å². The highest BCUT2D eigenvalue weighted by atomic mass is 16.5. The Morgan fingerprint density at radius 3 is 2.77 bits per heavy atom. The Morgan fingerprint density at radius 2 is 2.02 bits per heavy atom. The van der Waals surface area contributed by atoms with Gasteiger partial charge in [-0.1, -0.05) is 6.07 Å². The number of oxazole rings is 1. The van der Waals surface area contributed by atoms with Crippen molar-refractivity contribution in [1.29, 1.82) is 0 Å². The number of hydrogen-bond acceptors (Lipinski definition) is 10. The number of piperidine rings is 1. The summed E-state index contributed by atoms with van der Waals surface area (Å²) in [5, 5.41) is 20.3. The first-order chi connectivity index (χ1) is 19.4. The summed E-state index contributed by atoms with van der Waals surface area (Å²) in [4.78, 5) is 38.5. The van der Waals surface area contributed by atoms with E-state index in [0.29, 0.717) is 44.2 Å². The number of likely N-dealkylation sites (tertiary alicyclic amines) is 1. The van der Waals surface area contributed by atoms with Crippen LogP contribution in [0.1, 0.15) is 52.8 Å². The number of carbonyl (C=O) groups excluding carboxylic acids is 2. The highest BCUT2D eigenvalue weighted by Crippen LogP contribution is 2.24. The van der Waals surface area contributed by atoms with Gasteiger partial charge in [0.05, 0.1) is 11.8 Å². The fraction of sp³-hybridized carbons (Fsp3) is 0.464. The maximum absolute atomic E-state index is 12.8. The number of benzene rings is 1. The molecule has 1 aromatic carbocycles. The molecule has 2 amide bonds. The first-order valence-electron chi connectivity index (χ1n) is 13.5. The van der Waals surface area contributed by atoms with Crippen LogP contribution in [0.15, 0.2) is 41.4 Å². The number of aliphatic hydroxyl groups is 1. The predicted molar refractivity (Wildman–Crippen MR) is 146 cm³/mol. The zero-order chi connectivity index (χ0) is 28.1. The monoisotopic (exact) mass is 549 g/mol. The summed E-state index contributed by atoms with van der Waals surface area (Å²) in [6.07, 6.45) is 4.22. The normalized spacial score (nSPS) is 18.1. The second-order valence-electron chi connectivity index (χ2n) is 10.3. The average Bonchev–Trinajstić information content (AvgIpc) is 3.39. The molecule has 212 valence electrons. The van der Waals surface area contributed by atoms with Gasteiger partial charge in [-0.3, -0.25) is 9.59 Å². The molecule has 0 radical (unpaired) electrons. The molecular formula is C28H35N7O5. The van der Waals surface area contributed by atoms with Crippen LogP contribution in [0.4, 0.5) is 5.82 Å². The van der Waals surface area contributed by atoms with Crippen LogP contribution in [0.5, 0.6) is 5.75 Å². The molecule has 3 aromatic rings. The van der Waals surface area contributed by atoms with Gasteiger partial charge in [0.2, 0.25) is 5.91 Å². The van der Waals surface area contributed by atoms with Gasteiger partial charge in [0.15, 0.2) is 12.2 Å². The number of fused-ring (bicyclic) bond motifs is 1. The van der Waals surface area contributed by atoms with E-state index in [-0.39, 0.29) is 36.1 Å². The molecule has 0 spiro atoms. The van der Waals surface area contributed by atoms with Gasteiger partial charge in [0, 0.05) is 51.3 Å². The van der Waals surface area contributed by atoms with E-state index in [9.17, 15) is 14.7 Å². The number of ether oxygens (including phenoxy) is 1. The molecule has 1 saturated heterocycles. The number of amides is 2. The first kappa shape index (κ1) is 27.5. The van der Waals surface area contributed by atoms with Crippen LogP contribution in [0.2, 0.25) is 0 Å². The molecule has 2 aliphatic heterocycles. The molecule has 12 nitrogen and oxygen atoms in total. The number of nitrogens with one attached hydrogen (secondary N) is 3. The topological polar surface area (TPSA) is 155 Å². The van der Waals surface area contributed by atoms with Crippen molar-refractivity contribution in [2.45, 2.75) is 64.4 Å². The number of aryl methyl sites for hydroxylation is 1. The maximum Gasteiger partial charge on any atom is 0.270 e. The van der Waals surface area contributed by atoms with E-state index in [1.54, 1.807) is 13.0 Å². The third-order valence-corrected chi connectivity index (χ3v) is 7.52. The second kappa shape index (κ2) is 12.4. The Morgan fingerprint density at radius 1 is 1.20 bits per heavy atom. The smallest absolute Gasteiger partial charge is 0.270 e. The maximum atomic E-state index is 12.8. The number of nitrogens with zero attached hydrogens (tertiary/aromatic N) is 4. The predicted octanol–water partition coefficient (Wildman–Crippen LogP) is 1.58. The van der Waals surface area contributed by atoms with Gasteiger partial charge >= 0.3 is 0 Å². The van der Waals surface area contributed by atoms with E-state index in [1.165, 1.54) is 12.7 Å². The summed E-state index contributed by atoms with van der Waals surface area (Å²) >= 11 is 0. The van der Waals surface area contributed by atoms with Gasteiger partial charge in [-0.15, -0.1) is 0 Å². The van der Waals surface area contributed by atoms with Gasteiger partial charge in [-0.25, -0.2) is 15.0 Å². The average molecular weight is 550 g/mol. The van der Waals surface area contributed by atoms with Crippen molar-refractivity contribution in [3.63, 3.8) is 0 Å². The van der Waals surface area contributed by atoms with Crippen molar-refractivity contribution in [1.82, 2.24) is 30.5 Å². The van der Waals surface area contributed by atoms with Crippen LogP contribution in [0.25, 0.3) is 0 Å². The summed E-state index contributed by atoms with van der Waals surface area (Å²) in [6, 6.07) is 7.48. The quantitative estimate of drug-likeness (QED) is 0.309. The molecule has 0 aliphatic carbocycles. The Balaban J connectivity index is 1.09. The molecule has 4 heterocycles. The van der Waals surface area contributed by atoms with Crippen molar-refractivity contribution in [3.05, 3.63) is 65.3 Å². The van der Waals surface area contributed by atoms with E-state index in [4.69, 9.17) is 9.15 Å². The highest BCUT2D eigenvalue weighted by Gasteiger charge is 2.26. The van der Waals surface area contributed by atoms with Crippen molar-refractivity contribution in [2.75, 3.05) is 25.0 Å². The van der Waals surface area contributed by atoms with Crippen LogP contribution < -0.4 is 20.7 Å². The highest BCUT2D eigenvalue weighted by molar-refractivity contribution is 5.92. The van der Waals surface area contributed by atoms with Gasteiger partial charge in [0.1, 0.15) is 30.2 Å². The molecule has 4 N–H and O–H groups in total. The number of carbonyl (C=O) groups is 2. The zero-order valence-electron chi connectivity index (χ0n) is 22.7. The summed E-state index contributed by atoms with van der Waals surface area (Å²) in [5.41, 5.74) is 3.26. The lowest BCUT2D eigenvalue weighted by Gasteiger charge is -2.32. The fourth-order valence-corrected chi connectivity index (χ4v) is 5.03. The summed E-state index contributed by atoms with van der Waals surface area (Å²) < 4.78 is 11.2. The minimum absolute atomic E-state index is 0.0832. The van der Waals surface area contributed by atoms with Crippen LogP contribution in [-0.4, -0.2) is 74.6 Å². The molecule has 12 heteroatoms. The van der Waals surface area contributed by atoms with Crippen molar-refractivity contribution in [3.8, 4) is 5.75 Å². The van der Waals surface area contributed by atoms with E-state index in [0.717, 1.165) is 35.4 Å². The number of rotatable bonds is 9.